The Labute approximate surface area is 186 Å². The third-order valence-electron chi connectivity index (χ3n) is 7.12. The summed E-state index contributed by atoms with van der Waals surface area (Å²) >= 11 is 0. The summed E-state index contributed by atoms with van der Waals surface area (Å²) in [6, 6.07) is 18.5. The summed E-state index contributed by atoms with van der Waals surface area (Å²) in [5, 5.41) is 16.1. The fourth-order valence-corrected chi connectivity index (χ4v) is 5.88. The Hall–Kier alpha value is -3.56. The number of hydrogen-bond donors (Lipinski definition) is 1. The number of rotatable bonds is 4. The lowest BCUT2D eigenvalue weighted by Crippen LogP contribution is -2.36. The molecule has 3 nitrogen and oxygen atoms in total. The molecule has 0 aliphatic rings. The fourth-order valence-electron chi connectivity index (χ4n) is 5.88. The lowest BCUT2D eigenvalue weighted by Gasteiger charge is -2.17. The number of aryl methyl sites for hydroxylation is 1. The van der Waals surface area contributed by atoms with Gasteiger partial charge >= 0.3 is 0 Å². The molecule has 0 saturated carbocycles. The molecule has 3 heteroatoms. The maximum atomic E-state index is 5.83. The monoisotopic (exact) mass is 415 g/mol. The minimum Gasteiger partial charge on any atom is -0.325 e. The van der Waals surface area contributed by atoms with Gasteiger partial charge in [-0.15, -0.1) is 0 Å². The molecule has 2 N–H and O–H groups in total. The topological polar surface area (TPSA) is 33.8 Å². The van der Waals surface area contributed by atoms with E-state index in [1.165, 1.54) is 64.6 Å². The summed E-state index contributed by atoms with van der Waals surface area (Å²) in [6.07, 6.45) is 10.2. The van der Waals surface area contributed by atoms with Crippen molar-refractivity contribution < 1.29 is 9.13 Å². The summed E-state index contributed by atoms with van der Waals surface area (Å²) in [4.78, 5) is 0. The van der Waals surface area contributed by atoms with Gasteiger partial charge in [0.2, 0.25) is 0 Å². The van der Waals surface area contributed by atoms with Gasteiger partial charge in [-0.1, -0.05) is 31.2 Å². The number of nitrogens with zero attached hydrogens (tertiary/aromatic N) is 2. The standard InChI is InChI=1S/C29H25N3/c1-2-12-31-14-18-3-7-22-24-9-5-20-16-32(13-11-30)17-21-6-10-25(29(24)27(20)21)23-8-4-19(15-31)26(18)28(22)23/h3-10,14-17H,2,11-13,30H2,1H3/q+2. The van der Waals surface area contributed by atoms with Crippen molar-refractivity contribution in [3.63, 3.8) is 0 Å². The van der Waals surface area contributed by atoms with Gasteiger partial charge in [0.25, 0.3) is 0 Å². The molecule has 0 amide bonds. The van der Waals surface area contributed by atoms with E-state index >= 15 is 0 Å². The van der Waals surface area contributed by atoms with E-state index in [-0.39, 0.29) is 0 Å². The highest BCUT2D eigenvalue weighted by molar-refractivity contribution is 6.39. The average molecular weight is 416 g/mol. The van der Waals surface area contributed by atoms with Crippen LogP contribution in [0.5, 0.6) is 0 Å². The van der Waals surface area contributed by atoms with Gasteiger partial charge in [-0.2, -0.15) is 0 Å². The molecule has 2 aromatic heterocycles. The van der Waals surface area contributed by atoms with E-state index in [9.17, 15) is 0 Å². The molecular weight excluding hydrogens is 390 g/mol. The molecule has 32 heavy (non-hydrogen) atoms. The normalized spacial score (nSPS) is 12.6. The Bertz CT molecular complexity index is 1550. The predicted octanol–water partition coefficient (Wildman–Crippen LogP) is 5.43. The van der Waals surface area contributed by atoms with Crippen LogP contribution in [0, 0.1) is 0 Å². The zero-order chi connectivity index (χ0) is 21.4. The zero-order valence-electron chi connectivity index (χ0n) is 18.2. The van der Waals surface area contributed by atoms with Crippen LogP contribution in [0.15, 0.2) is 73.3 Å². The second kappa shape index (κ2) is 6.47. The van der Waals surface area contributed by atoms with Crippen LogP contribution in [0.4, 0.5) is 0 Å². The van der Waals surface area contributed by atoms with Crippen molar-refractivity contribution in [2.24, 2.45) is 5.73 Å². The molecule has 0 aliphatic carbocycles. The Morgan fingerprint density at radius 2 is 0.906 bits per heavy atom. The lowest BCUT2D eigenvalue weighted by atomic mass is 9.86. The molecule has 7 rings (SSSR count). The van der Waals surface area contributed by atoms with Gasteiger partial charge in [0.15, 0.2) is 31.3 Å². The van der Waals surface area contributed by atoms with Crippen LogP contribution in [0.25, 0.3) is 64.6 Å². The summed E-state index contributed by atoms with van der Waals surface area (Å²) in [6.45, 7) is 4.76. The first-order valence-corrected chi connectivity index (χ1v) is 11.6. The predicted molar refractivity (Wildman–Crippen MR) is 134 cm³/mol. The van der Waals surface area contributed by atoms with Crippen LogP contribution in [0.2, 0.25) is 0 Å². The number of nitrogens with two attached hydrogens (primary N) is 1. The summed E-state index contributed by atoms with van der Waals surface area (Å²) in [5.41, 5.74) is 5.83. The Kier molecular flexibility index (Phi) is 3.65. The van der Waals surface area contributed by atoms with Crippen molar-refractivity contribution >= 4 is 64.6 Å². The molecule has 0 fully saturated rings. The molecule has 5 aromatic carbocycles. The van der Waals surface area contributed by atoms with Crippen LogP contribution < -0.4 is 14.9 Å². The van der Waals surface area contributed by atoms with Gasteiger partial charge in [-0.3, -0.25) is 0 Å². The number of aromatic nitrogens is 2. The highest BCUT2D eigenvalue weighted by Gasteiger charge is 2.20. The first kappa shape index (κ1) is 18.1. The van der Waals surface area contributed by atoms with E-state index < -0.39 is 0 Å². The van der Waals surface area contributed by atoms with E-state index in [2.05, 4.69) is 89.4 Å². The molecular formula is C29H25N3+2. The first-order chi connectivity index (χ1) is 15.8. The Morgan fingerprint density at radius 3 is 1.25 bits per heavy atom. The molecule has 0 atom stereocenters. The second-order valence-electron chi connectivity index (χ2n) is 9.09. The molecule has 0 bridgehead atoms. The molecule has 154 valence electrons. The number of benzene rings is 5. The van der Waals surface area contributed by atoms with Crippen molar-refractivity contribution in [2.45, 2.75) is 26.4 Å². The van der Waals surface area contributed by atoms with Gasteiger partial charge in [0, 0.05) is 38.7 Å². The van der Waals surface area contributed by atoms with E-state index in [1.54, 1.807) is 0 Å². The van der Waals surface area contributed by atoms with Gasteiger partial charge in [0.05, 0.1) is 6.54 Å². The minimum absolute atomic E-state index is 0.644. The molecule has 0 aliphatic heterocycles. The van der Waals surface area contributed by atoms with Crippen LogP contribution in [-0.2, 0) is 13.1 Å². The summed E-state index contributed by atoms with van der Waals surface area (Å²) in [7, 11) is 0. The molecule has 2 heterocycles. The quantitative estimate of drug-likeness (QED) is 0.232. The van der Waals surface area contributed by atoms with E-state index in [0.29, 0.717) is 6.54 Å². The fraction of sp³-hybridized carbons (Fsp3) is 0.172. The maximum absolute atomic E-state index is 5.83. The highest BCUT2D eigenvalue weighted by Crippen LogP contribution is 2.44. The van der Waals surface area contributed by atoms with Crippen molar-refractivity contribution in [2.75, 3.05) is 6.54 Å². The van der Waals surface area contributed by atoms with Crippen molar-refractivity contribution in [3.05, 3.63) is 73.3 Å². The van der Waals surface area contributed by atoms with Crippen molar-refractivity contribution in [3.8, 4) is 0 Å². The third kappa shape index (κ3) is 2.29. The zero-order valence-corrected chi connectivity index (χ0v) is 18.2. The largest absolute Gasteiger partial charge is 0.325 e. The Balaban J connectivity index is 1.68. The second-order valence-corrected chi connectivity index (χ2v) is 9.09. The van der Waals surface area contributed by atoms with Gasteiger partial charge in [-0.25, -0.2) is 9.13 Å². The number of hydrogen-bond acceptors (Lipinski definition) is 1. The number of pyridine rings is 2. The van der Waals surface area contributed by atoms with Crippen molar-refractivity contribution in [1.82, 2.24) is 0 Å². The Morgan fingerprint density at radius 1 is 0.531 bits per heavy atom. The maximum Gasteiger partial charge on any atom is 0.176 e. The van der Waals surface area contributed by atoms with Crippen LogP contribution >= 0.6 is 0 Å². The van der Waals surface area contributed by atoms with Crippen LogP contribution in [-0.4, -0.2) is 6.54 Å². The van der Waals surface area contributed by atoms with E-state index in [4.69, 9.17) is 5.73 Å². The smallest absolute Gasteiger partial charge is 0.176 e. The SMILES string of the molecule is CCC[n+]1cc2ccc3c4ccc5c[n+](CCN)cc6ccc(c7ccc(c1)c2c37)c4c56. The first-order valence-electron chi connectivity index (χ1n) is 11.6. The van der Waals surface area contributed by atoms with Gasteiger partial charge in [-0.05, 0) is 56.6 Å². The molecule has 0 spiro atoms. The molecule has 7 aromatic rings. The van der Waals surface area contributed by atoms with Crippen molar-refractivity contribution in [1.29, 1.82) is 0 Å². The van der Waals surface area contributed by atoms with Crippen LogP contribution in [0.3, 0.4) is 0 Å². The van der Waals surface area contributed by atoms with E-state index in [1.807, 2.05) is 0 Å². The summed E-state index contributed by atoms with van der Waals surface area (Å²) < 4.78 is 4.55. The third-order valence-corrected chi connectivity index (χ3v) is 7.12. The summed E-state index contributed by atoms with van der Waals surface area (Å²) in [5.74, 6) is 0. The molecule has 0 saturated heterocycles. The lowest BCUT2D eigenvalue weighted by molar-refractivity contribution is -0.694. The van der Waals surface area contributed by atoms with Gasteiger partial charge in [0.1, 0.15) is 6.54 Å². The minimum atomic E-state index is 0.644. The molecule has 0 unspecified atom stereocenters. The van der Waals surface area contributed by atoms with E-state index in [0.717, 1.165) is 19.5 Å². The van der Waals surface area contributed by atoms with Crippen LogP contribution in [0.1, 0.15) is 13.3 Å². The van der Waals surface area contributed by atoms with Gasteiger partial charge < -0.3 is 5.73 Å². The molecule has 0 radical (unpaired) electrons. The number of fused-ring (bicyclic) bond motifs is 2. The highest BCUT2D eigenvalue weighted by atomic mass is 14.9. The average Bonchev–Trinajstić information content (AvgIpc) is 2.81.